The predicted molar refractivity (Wildman–Crippen MR) is 79.9 cm³/mol. The third-order valence-electron chi connectivity index (χ3n) is 4.42. The van der Waals surface area contributed by atoms with Gasteiger partial charge in [-0.15, -0.1) is 0 Å². The number of piperidine rings is 1. The van der Waals surface area contributed by atoms with Crippen LogP contribution in [-0.2, 0) is 0 Å². The lowest BCUT2D eigenvalue weighted by molar-refractivity contribution is -0.941. The van der Waals surface area contributed by atoms with Crippen LogP contribution in [0.4, 0.5) is 13.2 Å². The van der Waals surface area contributed by atoms with Gasteiger partial charge in [0.2, 0.25) is 0 Å². The zero-order valence-corrected chi connectivity index (χ0v) is 13.3. The Morgan fingerprint density at radius 2 is 1.87 bits per heavy atom. The molecule has 1 fully saturated rings. The van der Waals surface area contributed by atoms with E-state index in [1.165, 1.54) is 0 Å². The quantitative estimate of drug-likeness (QED) is 0.823. The number of hydrogen-bond acceptors (Lipinski definition) is 2. The number of likely N-dealkylation sites (tertiary alicyclic amines) is 1. The number of alkyl halides is 3. The molecular weight excluding hydrogens is 309 g/mol. The molecule has 1 aliphatic heterocycles. The van der Waals surface area contributed by atoms with E-state index in [0.717, 1.165) is 19.3 Å². The minimum absolute atomic E-state index is 0.152. The van der Waals surface area contributed by atoms with E-state index in [4.69, 9.17) is 0 Å². The maximum atomic E-state index is 13.4. The molecule has 0 amide bonds. The molecule has 0 aliphatic carbocycles. The van der Waals surface area contributed by atoms with Crippen molar-refractivity contribution < 1.29 is 22.9 Å². The predicted octanol–water partition coefficient (Wildman–Crippen LogP) is 1.56. The number of Topliss-reactive ketones (excluding diaryl/α,β-unsaturated/α-hetero) is 1. The van der Waals surface area contributed by atoms with Gasteiger partial charge in [0.15, 0.2) is 11.8 Å². The molecule has 0 saturated carbocycles. The Morgan fingerprint density at radius 3 is 2.39 bits per heavy atom. The van der Waals surface area contributed by atoms with Crippen molar-refractivity contribution in [2.24, 2.45) is 0 Å². The van der Waals surface area contributed by atoms with E-state index in [9.17, 15) is 22.8 Å². The molecule has 128 valence electrons. The van der Waals surface area contributed by atoms with Crippen LogP contribution in [0.25, 0.3) is 0 Å². The largest absolute Gasteiger partial charge is 0.441 e. The minimum Gasteiger partial charge on any atom is -0.326 e. The molecule has 1 atom stereocenters. The smallest absolute Gasteiger partial charge is 0.326 e. The number of ketones is 1. The number of carbonyl (C=O) groups is 1. The standard InChI is InChI=1S/C16H21F3N2O2/c1-10-8-11(2)20-15(23)14(10)12(22)9-13(16(17,18)19)21-6-4-3-5-7-21/h8,13H,3-7,9H2,1-2H3,(H,20,23)/p+1/t13-/m1/s1. The van der Waals surface area contributed by atoms with Gasteiger partial charge in [-0.05, 0) is 44.7 Å². The lowest BCUT2D eigenvalue weighted by atomic mass is 9.98. The van der Waals surface area contributed by atoms with Crippen LogP contribution in [-0.4, -0.2) is 36.1 Å². The fourth-order valence-corrected chi connectivity index (χ4v) is 3.33. The first-order valence-corrected chi connectivity index (χ1v) is 7.85. The fraction of sp³-hybridized carbons (Fsp3) is 0.625. The van der Waals surface area contributed by atoms with Crippen LogP contribution in [0.15, 0.2) is 10.9 Å². The molecule has 23 heavy (non-hydrogen) atoms. The number of aryl methyl sites for hydroxylation is 2. The SMILES string of the molecule is Cc1cc(C)c(C(=O)C[C@@H]([NH+]2CCCCC2)C(F)(F)F)c(=O)[nH]1. The molecule has 7 heteroatoms. The molecular formula is C16H22F3N2O2+. The lowest BCUT2D eigenvalue weighted by Crippen LogP contribution is -3.18. The maximum Gasteiger partial charge on any atom is 0.441 e. The Labute approximate surface area is 132 Å². The van der Waals surface area contributed by atoms with Gasteiger partial charge in [0.1, 0.15) is 0 Å². The molecule has 1 saturated heterocycles. The van der Waals surface area contributed by atoms with Crippen LogP contribution in [0.2, 0.25) is 0 Å². The summed E-state index contributed by atoms with van der Waals surface area (Å²) in [5.41, 5.74) is 0.243. The molecule has 0 aromatic carbocycles. The van der Waals surface area contributed by atoms with Crippen molar-refractivity contribution in [1.29, 1.82) is 0 Å². The van der Waals surface area contributed by atoms with E-state index < -0.39 is 30.0 Å². The van der Waals surface area contributed by atoms with E-state index in [0.29, 0.717) is 29.2 Å². The second-order valence-electron chi connectivity index (χ2n) is 6.28. The Kier molecular flexibility index (Phi) is 5.29. The molecule has 1 aromatic heterocycles. The summed E-state index contributed by atoms with van der Waals surface area (Å²) in [5.74, 6) is -0.732. The van der Waals surface area contributed by atoms with Crippen molar-refractivity contribution in [3.8, 4) is 0 Å². The fourth-order valence-electron chi connectivity index (χ4n) is 3.33. The van der Waals surface area contributed by atoms with Gasteiger partial charge in [0.25, 0.3) is 5.56 Å². The minimum atomic E-state index is -4.45. The van der Waals surface area contributed by atoms with Gasteiger partial charge in [-0.3, -0.25) is 9.59 Å². The second kappa shape index (κ2) is 6.86. The number of quaternary nitrogens is 1. The number of aromatic amines is 1. The summed E-state index contributed by atoms with van der Waals surface area (Å²) < 4.78 is 40.2. The summed E-state index contributed by atoms with van der Waals surface area (Å²) in [6.07, 6.45) is -2.72. The van der Waals surface area contributed by atoms with Crippen LogP contribution < -0.4 is 10.5 Å². The van der Waals surface area contributed by atoms with Gasteiger partial charge in [-0.25, -0.2) is 0 Å². The zero-order chi connectivity index (χ0) is 17.2. The third kappa shape index (κ3) is 4.22. The lowest BCUT2D eigenvalue weighted by Gasteiger charge is -2.32. The van der Waals surface area contributed by atoms with E-state index in [1.807, 2.05) is 0 Å². The van der Waals surface area contributed by atoms with E-state index in [2.05, 4.69) is 4.98 Å². The van der Waals surface area contributed by atoms with Crippen molar-refractivity contribution in [2.45, 2.75) is 51.7 Å². The highest BCUT2D eigenvalue weighted by Crippen LogP contribution is 2.23. The highest BCUT2D eigenvalue weighted by molar-refractivity contribution is 5.97. The Balaban J connectivity index is 2.26. The van der Waals surface area contributed by atoms with E-state index in [1.54, 1.807) is 19.9 Å². The Morgan fingerprint density at radius 1 is 1.26 bits per heavy atom. The number of halogens is 3. The molecule has 2 N–H and O–H groups in total. The third-order valence-corrected chi connectivity index (χ3v) is 4.42. The van der Waals surface area contributed by atoms with Gasteiger partial charge in [0.05, 0.1) is 25.1 Å². The molecule has 2 heterocycles. The summed E-state index contributed by atoms with van der Waals surface area (Å²) >= 11 is 0. The van der Waals surface area contributed by atoms with Crippen LogP contribution in [0, 0.1) is 13.8 Å². The van der Waals surface area contributed by atoms with Crippen LogP contribution >= 0.6 is 0 Å². The van der Waals surface area contributed by atoms with Crippen LogP contribution in [0.5, 0.6) is 0 Å². The van der Waals surface area contributed by atoms with E-state index in [-0.39, 0.29) is 5.56 Å². The van der Waals surface area contributed by atoms with Gasteiger partial charge in [-0.1, -0.05) is 0 Å². The number of pyridine rings is 1. The Bertz CT molecular complexity index is 631. The van der Waals surface area contributed by atoms with Gasteiger partial charge in [0, 0.05) is 5.69 Å². The van der Waals surface area contributed by atoms with Gasteiger partial charge >= 0.3 is 6.18 Å². The summed E-state index contributed by atoms with van der Waals surface area (Å²) in [7, 11) is 0. The average Bonchev–Trinajstić information content (AvgIpc) is 2.43. The molecule has 1 aromatic rings. The molecule has 2 rings (SSSR count). The molecule has 4 nitrogen and oxygen atoms in total. The number of nitrogens with one attached hydrogen (secondary N) is 2. The Hall–Kier alpha value is -1.63. The monoisotopic (exact) mass is 331 g/mol. The first kappa shape index (κ1) is 17.7. The van der Waals surface area contributed by atoms with Crippen molar-refractivity contribution in [3.05, 3.63) is 33.2 Å². The van der Waals surface area contributed by atoms with Gasteiger partial charge < -0.3 is 9.88 Å². The highest BCUT2D eigenvalue weighted by Gasteiger charge is 2.48. The van der Waals surface area contributed by atoms with Crippen molar-refractivity contribution in [3.63, 3.8) is 0 Å². The normalized spacial score (nSPS) is 18.0. The van der Waals surface area contributed by atoms with Crippen molar-refractivity contribution >= 4 is 5.78 Å². The molecule has 1 aliphatic rings. The first-order chi connectivity index (χ1) is 10.7. The topological polar surface area (TPSA) is 54.4 Å². The number of aromatic nitrogens is 1. The van der Waals surface area contributed by atoms with Crippen LogP contribution in [0.1, 0.15) is 47.3 Å². The molecule has 0 spiro atoms. The van der Waals surface area contributed by atoms with Crippen molar-refractivity contribution in [2.75, 3.05) is 13.1 Å². The number of H-pyrrole nitrogens is 1. The summed E-state index contributed by atoms with van der Waals surface area (Å²) in [5, 5.41) is 0. The van der Waals surface area contributed by atoms with Gasteiger partial charge in [-0.2, -0.15) is 13.2 Å². The first-order valence-electron chi connectivity index (χ1n) is 7.85. The second-order valence-corrected chi connectivity index (χ2v) is 6.28. The number of hydrogen-bond donors (Lipinski definition) is 2. The maximum absolute atomic E-state index is 13.4. The van der Waals surface area contributed by atoms with E-state index >= 15 is 0 Å². The highest BCUT2D eigenvalue weighted by atomic mass is 19.4. The summed E-state index contributed by atoms with van der Waals surface area (Å²) in [6, 6.07) is -0.138. The van der Waals surface area contributed by atoms with Crippen LogP contribution in [0.3, 0.4) is 0 Å². The summed E-state index contributed by atoms with van der Waals surface area (Å²) in [6.45, 7) is 4.08. The zero-order valence-electron chi connectivity index (χ0n) is 13.3. The summed E-state index contributed by atoms with van der Waals surface area (Å²) in [4.78, 5) is 27.2. The molecule has 0 unspecified atom stereocenters. The molecule has 0 bridgehead atoms. The number of carbonyl (C=O) groups excluding carboxylic acids is 1. The average molecular weight is 331 g/mol. The number of rotatable bonds is 4. The van der Waals surface area contributed by atoms with Crippen molar-refractivity contribution in [1.82, 2.24) is 4.98 Å². The molecule has 0 radical (unpaired) electrons.